The minimum atomic E-state index is -0.337. The van der Waals surface area contributed by atoms with E-state index in [0.717, 1.165) is 36.8 Å². The van der Waals surface area contributed by atoms with E-state index in [0.29, 0.717) is 24.0 Å². The van der Waals surface area contributed by atoms with E-state index in [-0.39, 0.29) is 35.2 Å². The molecule has 3 aliphatic carbocycles. The number of fused-ring (bicyclic) bond motifs is 5. The van der Waals surface area contributed by atoms with Crippen LogP contribution in [0.25, 0.3) is 0 Å². The summed E-state index contributed by atoms with van der Waals surface area (Å²) in [4.78, 5) is 35.9. The smallest absolute Gasteiger partial charge is 0.308 e. The summed E-state index contributed by atoms with van der Waals surface area (Å²) in [6, 6.07) is 5.66. The first kappa shape index (κ1) is 18.2. The number of hydrogen-bond donors (Lipinski definition) is 0. The van der Waals surface area contributed by atoms with Gasteiger partial charge in [0.1, 0.15) is 17.6 Å². The molecule has 0 amide bonds. The van der Waals surface area contributed by atoms with Crippen molar-refractivity contribution < 1.29 is 23.9 Å². The van der Waals surface area contributed by atoms with Gasteiger partial charge in [-0.3, -0.25) is 14.4 Å². The van der Waals surface area contributed by atoms with Crippen LogP contribution < -0.4 is 4.74 Å². The molecule has 2 saturated carbocycles. The average molecular weight is 370 g/mol. The Kier molecular flexibility index (Phi) is 4.36. The topological polar surface area (TPSA) is 69.7 Å². The van der Waals surface area contributed by atoms with Gasteiger partial charge in [0.15, 0.2) is 0 Å². The molecule has 1 unspecified atom stereocenters. The van der Waals surface area contributed by atoms with Crippen molar-refractivity contribution in [3.05, 3.63) is 29.3 Å². The molecule has 0 radical (unpaired) electrons. The van der Waals surface area contributed by atoms with E-state index >= 15 is 0 Å². The third-order valence-electron chi connectivity index (χ3n) is 6.94. The molecule has 27 heavy (non-hydrogen) atoms. The second kappa shape index (κ2) is 6.47. The molecule has 3 aliphatic rings. The van der Waals surface area contributed by atoms with Gasteiger partial charge < -0.3 is 9.47 Å². The highest BCUT2D eigenvalue weighted by Gasteiger charge is 2.59. The Labute approximate surface area is 159 Å². The van der Waals surface area contributed by atoms with Crippen LogP contribution in [0.1, 0.15) is 63.5 Å². The summed E-state index contributed by atoms with van der Waals surface area (Å²) in [7, 11) is 0. The number of esters is 2. The Hall–Kier alpha value is -2.17. The predicted octanol–water partition coefficient (Wildman–Crippen LogP) is 3.58. The standard InChI is InChI=1S/C22H26O5/c1-12(23)26-15-5-7-16-14(10-15)4-6-17-18-8-9-20(27-13(2)24)22(18,3)11-19(25)21(16)17/h5,7,10,17-18,20-21H,4,6,8-9,11H2,1-3H3/t17-,18-,20?,21+,22-/m0/s1. The lowest BCUT2D eigenvalue weighted by Crippen LogP contribution is -2.49. The van der Waals surface area contributed by atoms with Crippen LogP contribution in [0.2, 0.25) is 0 Å². The molecule has 1 aromatic rings. The number of ether oxygens (including phenoxy) is 2. The first-order chi connectivity index (χ1) is 12.8. The van der Waals surface area contributed by atoms with Crippen LogP contribution >= 0.6 is 0 Å². The maximum Gasteiger partial charge on any atom is 0.308 e. The lowest BCUT2D eigenvalue weighted by atomic mass is 9.55. The van der Waals surface area contributed by atoms with Crippen LogP contribution in [0, 0.1) is 17.3 Å². The molecule has 1 aromatic carbocycles. The van der Waals surface area contributed by atoms with Gasteiger partial charge in [0, 0.05) is 31.6 Å². The van der Waals surface area contributed by atoms with E-state index in [9.17, 15) is 14.4 Å². The number of hydrogen-bond acceptors (Lipinski definition) is 5. The monoisotopic (exact) mass is 370 g/mol. The molecule has 4 rings (SSSR count). The molecule has 0 aliphatic heterocycles. The summed E-state index contributed by atoms with van der Waals surface area (Å²) in [5.41, 5.74) is 1.95. The minimum Gasteiger partial charge on any atom is -0.462 e. The van der Waals surface area contributed by atoms with Crippen molar-refractivity contribution >= 4 is 17.7 Å². The zero-order valence-corrected chi connectivity index (χ0v) is 16.1. The van der Waals surface area contributed by atoms with Gasteiger partial charge in [0.25, 0.3) is 0 Å². The normalized spacial score (nSPS) is 34.3. The van der Waals surface area contributed by atoms with Crippen LogP contribution in [0.5, 0.6) is 5.75 Å². The van der Waals surface area contributed by atoms with Gasteiger partial charge in [0.2, 0.25) is 0 Å². The third kappa shape index (κ3) is 2.97. The van der Waals surface area contributed by atoms with E-state index in [4.69, 9.17) is 9.47 Å². The summed E-state index contributed by atoms with van der Waals surface area (Å²) in [6.45, 7) is 4.97. The van der Waals surface area contributed by atoms with Gasteiger partial charge in [-0.15, -0.1) is 0 Å². The zero-order chi connectivity index (χ0) is 19.3. The molecule has 5 atom stereocenters. The molecule has 0 spiro atoms. The van der Waals surface area contributed by atoms with Crippen molar-refractivity contribution in [1.29, 1.82) is 0 Å². The van der Waals surface area contributed by atoms with Crippen molar-refractivity contribution in [1.82, 2.24) is 0 Å². The number of rotatable bonds is 2. The molecule has 0 N–H and O–H groups in total. The van der Waals surface area contributed by atoms with E-state index in [1.165, 1.54) is 13.8 Å². The number of benzene rings is 1. The zero-order valence-electron chi connectivity index (χ0n) is 16.1. The maximum absolute atomic E-state index is 13.2. The predicted molar refractivity (Wildman–Crippen MR) is 98.3 cm³/mol. The molecule has 144 valence electrons. The molecule has 2 fully saturated rings. The van der Waals surface area contributed by atoms with E-state index in [1.807, 2.05) is 12.1 Å². The molecule has 0 aromatic heterocycles. The Balaban J connectivity index is 1.65. The lowest BCUT2D eigenvalue weighted by molar-refractivity contribution is -0.158. The fourth-order valence-electron chi connectivity index (χ4n) is 5.95. The first-order valence-corrected chi connectivity index (χ1v) is 9.81. The summed E-state index contributed by atoms with van der Waals surface area (Å²) < 4.78 is 10.8. The van der Waals surface area contributed by atoms with Crippen molar-refractivity contribution in [3.63, 3.8) is 0 Å². The van der Waals surface area contributed by atoms with Gasteiger partial charge in [-0.2, -0.15) is 0 Å². The van der Waals surface area contributed by atoms with Crippen LogP contribution in [0.15, 0.2) is 18.2 Å². The summed E-state index contributed by atoms with van der Waals surface area (Å²) in [6.07, 6.45) is 3.97. The molecule has 5 nitrogen and oxygen atoms in total. The molecule has 5 heteroatoms. The van der Waals surface area contributed by atoms with E-state index < -0.39 is 0 Å². The Morgan fingerprint density at radius 3 is 2.59 bits per heavy atom. The summed E-state index contributed by atoms with van der Waals surface area (Å²) in [5.74, 6) is 0.797. The Bertz CT molecular complexity index is 813. The Morgan fingerprint density at radius 1 is 1.11 bits per heavy atom. The van der Waals surface area contributed by atoms with Crippen LogP contribution in [-0.4, -0.2) is 23.8 Å². The fourth-order valence-corrected chi connectivity index (χ4v) is 5.95. The van der Waals surface area contributed by atoms with Crippen molar-refractivity contribution in [2.75, 3.05) is 0 Å². The van der Waals surface area contributed by atoms with Gasteiger partial charge in [-0.25, -0.2) is 0 Å². The van der Waals surface area contributed by atoms with E-state index in [1.54, 1.807) is 6.07 Å². The number of carbonyl (C=O) groups is 3. The highest BCUT2D eigenvalue weighted by molar-refractivity contribution is 5.89. The summed E-state index contributed by atoms with van der Waals surface area (Å²) >= 11 is 0. The molecule has 0 saturated heterocycles. The van der Waals surface area contributed by atoms with Gasteiger partial charge in [-0.1, -0.05) is 13.0 Å². The molecule has 0 bridgehead atoms. The van der Waals surface area contributed by atoms with Crippen LogP contribution in [0.4, 0.5) is 0 Å². The van der Waals surface area contributed by atoms with Gasteiger partial charge >= 0.3 is 11.9 Å². The SMILES string of the molecule is CC(=O)Oc1ccc2c(c1)CC[C@@H]1[C@@H]2C(=O)C[C@]2(C)C(OC(C)=O)CC[C@@H]12. The lowest BCUT2D eigenvalue weighted by Gasteiger charge is -2.49. The maximum atomic E-state index is 13.2. The number of aryl methyl sites for hydroxylation is 1. The average Bonchev–Trinajstić information content (AvgIpc) is 2.89. The van der Waals surface area contributed by atoms with Crippen molar-refractivity contribution in [2.24, 2.45) is 17.3 Å². The molecule has 0 heterocycles. The van der Waals surface area contributed by atoms with Crippen molar-refractivity contribution in [3.8, 4) is 5.75 Å². The van der Waals surface area contributed by atoms with Crippen LogP contribution in [-0.2, 0) is 25.5 Å². The molecular formula is C22H26O5. The second-order valence-electron chi connectivity index (χ2n) is 8.57. The quantitative estimate of drug-likeness (QED) is 0.588. The third-order valence-corrected chi connectivity index (χ3v) is 6.94. The highest BCUT2D eigenvalue weighted by atomic mass is 16.5. The highest BCUT2D eigenvalue weighted by Crippen LogP contribution is 2.60. The van der Waals surface area contributed by atoms with Gasteiger partial charge in [0.05, 0.1) is 0 Å². The Morgan fingerprint density at radius 2 is 1.89 bits per heavy atom. The van der Waals surface area contributed by atoms with E-state index in [2.05, 4.69) is 6.92 Å². The second-order valence-corrected chi connectivity index (χ2v) is 8.57. The first-order valence-electron chi connectivity index (χ1n) is 9.81. The van der Waals surface area contributed by atoms with Crippen LogP contribution in [0.3, 0.4) is 0 Å². The number of ketones is 1. The number of carbonyl (C=O) groups excluding carboxylic acids is 3. The van der Waals surface area contributed by atoms with Crippen molar-refractivity contribution in [2.45, 2.75) is 64.9 Å². The largest absolute Gasteiger partial charge is 0.462 e. The number of Topliss-reactive ketones (excluding diaryl/α,β-unsaturated/α-hetero) is 1. The minimum absolute atomic E-state index is 0.0886. The summed E-state index contributed by atoms with van der Waals surface area (Å²) in [5, 5.41) is 0. The van der Waals surface area contributed by atoms with Gasteiger partial charge in [-0.05, 0) is 60.8 Å². The molecular weight excluding hydrogens is 344 g/mol. The fraction of sp³-hybridized carbons (Fsp3) is 0.591.